The molecule has 0 aliphatic carbocycles. The Morgan fingerprint density at radius 2 is 1.92 bits per heavy atom. The van der Waals surface area contributed by atoms with Crippen LogP contribution >= 0.6 is 22.9 Å². The Kier molecular flexibility index (Phi) is 4.58. The number of halogens is 2. The van der Waals surface area contributed by atoms with Crippen LogP contribution < -0.4 is 4.72 Å². The molecule has 3 aromatic rings. The zero-order valence-corrected chi connectivity index (χ0v) is 15.0. The number of aromatic nitrogens is 3. The monoisotopic (exact) mass is 400 g/mol. The molecule has 7 nitrogen and oxygen atoms in total. The third-order valence-electron chi connectivity index (χ3n) is 3.08. The summed E-state index contributed by atoms with van der Waals surface area (Å²) in [6.07, 6.45) is 0. The van der Waals surface area contributed by atoms with Crippen LogP contribution in [0.2, 0.25) is 4.34 Å². The minimum Gasteiger partial charge on any atom is -0.264 e. The average molecular weight is 401 g/mol. The lowest BCUT2D eigenvalue weighted by molar-refractivity contribution is 0.0971. The van der Waals surface area contributed by atoms with Crippen LogP contribution in [0.15, 0.2) is 40.6 Å². The van der Waals surface area contributed by atoms with Crippen molar-refractivity contribution in [3.05, 3.63) is 58.2 Å². The molecule has 2 heterocycles. The van der Waals surface area contributed by atoms with Crippen LogP contribution in [0.25, 0.3) is 5.69 Å². The van der Waals surface area contributed by atoms with Crippen molar-refractivity contribution >= 4 is 38.9 Å². The van der Waals surface area contributed by atoms with Gasteiger partial charge in [0.1, 0.15) is 15.9 Å². The lowest BCUT2D eigenvalue weighted by Crippen LogP contribution is -2.31. The number of benzene rings is 1. The first-order valence-electron chi connectivity index (χ1n) is 6.78. The molecule has 25 heavy (non-hydrogen) atoms. The minimum absolute atomic E-state index is 0.0967. The lowest BCUT2D eigenvalue weighted by atomic mass is 10.3. The molecule has 1 aromatic carbocycles. The van der Waals surface area contributed by atoms with Crippen molar-refractivity contribution in [1.82, 2.24) is 19.5 Å². The van der Waals surface area contributed by atoms with Crippen LogP contribution in [0.3, 0.4) is 0 Å². The fraction of sp³-hybridized carbons (Fsp3) is 0.0714. The van der Waals surface area contributed by atoms with Gasteiger partial charge in [-0.05, 0) is 43.3 Å². The van der Waals surface area contributed by atoms with E-state index in [0.717, 1.165) is 11.3 Å². The summed E-state index contributed by atoms with van der Waals surface area (Å²) in [6.45, 7) is 1.58. The van der Waals surface area contributed by atoms with Crippen molar-refractivity contribution < 1.29 is 17.6 Å². The van der Waals surface area contributed by atoms with Gasteiger partial charge in [0.05, 0.1) is 10.0 Å². The highest BCUT2D eigenvalue weighted by atomic mass is 35.5. The van der Waals surface area contributed by atoms with Crippen LogP contribution in [0.4, 0.5) is 4.39 Å². The SMILES string of the molecule is Cc1nc(C(=O)NS(=O)(=O)c2ccc(Cl)s2)nn1-c1ccc(F)cc1. The first kappa shape index (κ1) is 17.5. The van der Waals surface area contributed by atoms with E-state index in [1.54, 1.807) is 6.92 Å². The van der Waals surface area contributed by atoms with E-state index in [9.17, 15) is 17.6 Å². The predicted molar refractivity (Wildman–Crippen MR) is 90.0 cm³/mol. The Morgan fingerprint density at radius 3 is 2.52 bits per heavy atom. The van der Waals surface area contributed by atoms with Gasteiger partial charge in [-0.2, -0.15) is 0 Å². The second kappa shape index (κ2) is 6.54. The standard InChI is InChI=1S/C14H10ClFN4O3S2/c1-8-17-13(18-20(8)10-4-2-9(16)3-5-10)14(21)19-25(22,23)12-7-6-11(15)24-12/h2-7H,1H3,(H,19,21). The predicted octanol–water partition coefficient (Wildman–Crippen LogP) is 2.55. The van der Waals surface area contributed by atoms with Gasteiger partial charge >= 0.3 is 5.91 Å². The van der Waals surface area contributed by atoms with Crippen LogP contribution in [0, 0.1) is 12.7 Å². The highest BCUT2D eigenvalue weighted by Crippen LogP contribution is 2.25. The number of hydrogen-bond acceptors (Lipinski definition) is 6. The van der Waals surface area contributed by atoms with Crippen LogP contribution in [0.5, 0.6) is 0 Å². The quantitative estimate of drug-likeness (QED) is 0.726. The van der Waals surface area contributed by atoms with E-state index in [-0.39, 0.29) is 14.4 Å². The van der Waals surface area contributed by atoms with Gasteiger partial charge in [0.25, 0.3) is 10.0 Å². The number of thiophene rings is 1. The largest absolute Gasteiger partial charge is 0.304 e. The maximum Gasteiger partial charge on any atom is 0.304 e. The molecule has 1 amide bonds. The summed E-state index contributed by atoms with van der Waals surface area (Å²) in [5, 5.41) is 3.98. The second-order valence-corrected chi connectivity index (χ2v) is 8.49. The molecule has 0 radical (unpaired) electrons. The molecule has 1 N–H and O–H groups in total. The fourth-order valence-corrected chi connectivity index (χ4v) is 4.40. The van der Waals surface area contributed by atoms with E-state index < -0.39 is 21.7 Å². The van der Waals surface area contributed by atoms with Gasteiger partial charge in [-0.15, -0.1) is 16.4 Å². The van der Waals surface area contributed by atoms with Crippen molar-refractivity contribution in [2.45, 2.75) is 11.1 Å². The Morgan fingerprint density at radius 1 is 1.24 bits per heavy atom. The van der Waals surface area contributed by atoms with Crippen LogP contribution in [-0.2, 0) is 10.0 Å². The zero-order chi connectivity index (χ0) is 18.2. The molecular formula is C14H10ClFN4O3S2. The number of sulfonamides is 1. The molecule has 2 aromatic heterocycles. The Bertz CT molecular complexity index is 1040. The van der Waals surface area contributed by atoms with Gasteiger partial charge in [0, 0.05) is 0 Å². The molecule has 0 atom stereocenters. The maximum atomic E-state index is 13.0. The zero-order valence-electron chi connectivity index (χ0n) is 12.6. The topological polar surface area (TPSA) is 93.9 Å². The molecule has 130 valence electrons. The smallest absolute Gasteiger partial charge is 0.264 e. The van der Waals surface area contributed by atoms with Crippen molar-refractivity contribution in [2.24, 2.45) is 0 Å². The van der Waals surface area contributed by atoms with Crippen molar-refractivity contribution in [2.75, 3.05) is 0 Å². The lowest BCUT2D eigenvalue weighted by Gasteiger charge is -2.02. The summed E-state index contributed by atoms with van der Waals surface area (Å²) >= 11 is 6.53. The minimum atomic E-state index is -4.06. The first-order chi connectivity index (χ1) is 11.8. The molecule has 0 aliphatic rings. The number of nitrogens with zero attached hydrogens (tertiary/aromatic N) is 3. The van der Waals surface area contributed by atoms with E-state index in [1.807, 2.05) is 4.72 Å². The van der Waals surface area contributed by atoms with Gasteiger partial charge in [0.2, 0.25) is 5.82 Å². The molecule has 0 aliphatic heterocycles. The number of hydrogen-bond donors (Lipinski definition) is 1. The third-order valence-corrected chi connectivity index (χ3v) is 6.14. The number of nitrogens with one attached hydrogen (secondary N) is 1. The third kappa shape index (κ3) is 3.70. The van der Waals surface area contributed by atoms with E-state index in [2.05, 4.69) is 10.1 Å². The number of carbonyl (C=O) groups is 1. The van der Waals surface area contributed by atoms with E-state index in [0.29, 0.717) is 11.5 Å². The number of rotatable bonds is 4. The van der Waals surface area contributed by atoms with Gasteiger partial charge in [-0.3, -0.25) is 4.79 Å². The van der Waals surface area contributed by atoms with Crippen molar-refractivity contribution in [1.29, 1.82) is 0 Å². The number of aryl methyl sites for hydroxylation is 1. The number of carbonyl (C=O) groups excluding carboxylic acids is 1. The molecule has 11 heteroatoms. The van der Waals surface area contributed by atoms with E-state index >= 15 is 0 Å². The average Bonchev–Trinajstić information content (AvgIpc) is 3.14. The molecule has 0 saturated heterocycles. The van der Waals surface area contributed by atoms with E-state index in [4.69, 9.17) is 11.6 Å². The van der Waals surface area contributed by atoms with Crippen LogP contribution in [0.1, 0.15) is 16.4 Å². The highest BCUT2D eigenvalue weighted by Gasteiger charge is 2.24. The summed E-state index contributed by atoms with van der Waals surface area (Å²) in [5.74, 6) is -1.38. The molecular weight excluding hydrogens is 391 g/mol. The van der Waals surface area contributed by atoms with Crippen molar-refractivity contribution in [3.63, 3.8) is 0 Å². The van der Waals surface area contributed by atoms with Gasteiger partial charge in [-0.1, -0.05) is 11.6 Å². The molecule has 0 saturated carbocycles. The fourth-order valence-electron chi connectivity index (χ4n) is 1.97. The molecule has 3 rings (SSSR count). The highest BCUT2D eigenvalue weighted by molar-refractivity contribution is 7.92. The first-order valence-corrected chi connectivity index (χ1v) is 9.46. The molecule has 0 unspecified atom stereocenters. The number of amides is 1. The summed E-state index contributed by atoms with van der Waals surface area (Å²) in [4.78, 5) is 16.1. The second-order valence-electron chi connectivity index (χ2n) is 4.86. The Balaban J connectivity index is 1.86. The maximum absolute atomic E-state index is 13.0. The van der Waals surface area contributed by atoms with Crippen LogP contribution in [-0.4, -0.2) is 29.1 Å². The van der Waals surface area contributed by atoms with Crippen molar-refractivity contribution in [3.8, 4) is 5.69 Å². The Labute approximate surface area is 151 Å². The normalized spacial score (nSPS) is 11.5. The summed E-state index contributed by atoms with van der Waals surface area (Å²) in [5.41, 5.74) is 0.485. The molecule has 0 bridgehead atoms. The summed E-state index contributed by atoms with van der Waals surface area (Å²) < 4.78 is 40.7. The van der Waals surface area contributed by atoms with E-state index in [1.165, 1.54) is 41.1 Å². The Hall–Kier alpha value is -2.30. The molecule has 0 fully saturated rings. The summed E-state index contributed by atoms with van der Waals surface area (Å²) in [7, 11) is -4.06. The van der Waals surface area contributed by atoms with Gasteiger partial charge in [0.15, 0.2) is 0 Å². The molecule has 0 spiro atoms. The van der Waals surface area contributed by atoms with Gasteiger partial charge in [-0.25, -0.2) is 27.2 Å². The van der Waals surface area contributed by atoms with Gasteiger partial charge < -0.3 is 0 Å². The summed E-state index contributed by atoms with van der Waals surface area (Å²) in [6, 6.07) is 8.10.